The summed E-state index contributed by atoms with van der Waals surface area (Å²) in [7, 11) is 0. The van der Waals surface area contributed by atoms with Gasteiger partial charge in [0.25, 0.3) is 0 Å². The molecule has 156 valence electrons. The Balaban J connectivity index is 1.55. The summed E-state index contributed by atoms with van der Waals surface area (Å²) in [4.78, 5) is 4.74. The van der Waals surface area contributed by atoms with Crippen molar-refractivity contribution >= 4 is 5.69 Å². The van der Waals surface area contributed by atoms with Gasteiger partial charge in [0.1, 0.15) is 5.75 Å². The molecule has 0 aliphatic carbocycles. The standard InChI is InChI=1S/C23H29F2N3O/c1-4-28(21-14-15-27(17-21)16-19-8-6-5-7-9-19)18(2)26-20-10-12-22(13-11-20)29-23(3,24)25/h5-13,21,26H,2,4,14-17H2,1,3H3. The molecular weight excluding hydrogens is 372 g/mol. The molecule has 0 spiro atoms. The molecule has 29 heavy (non-hydrogen) atoms. The van der Waals surface area contributed by atoms with Crippen molar-refractivity contribution in [2.24, 2.45) is 0 Å². The fourth-order valence-electron chi connectivity index (χ4n) is 3.77. The zero-order valence-corrected chi connectivity index (χ0v) is 17.1. The number of ether oxygens (including phenoxy) is 1. The molecule has 1 aliphatic heterocycles. The zero-order chi connectivity index (χ0) is 20.9. The number of anilines is 1. The van der Waals surface area contributed by atoms with Gasteiger partial charge in [0.2, 0.25) is 0 Å². The van der Waals surface area contributed by atoms with Crippen LogP contribution in [0.3, 0.4) is 0 Å². The van der Waals surface area contributed by atoms with Gasteiger partial charge >= 0.3 is 6.11 Å². The van der Waals surface area contributed by atoms with Crippen LogP contribution in [0.2, 0.25) is 0 Å². The summed E-state index contributed by atoms with van der Waals surface area (Å²) in [5.74, 6) is 0.946. The number of halogens is 2. The highest BCUT2D eigenvalue weighted by Gasteiger charge is 2.28. The van der Waals surface area contributed by atoms with Gasteiger partial charge in [-0.2, -0.15) is 8.78 Å². The van der Waals surface area contributed by atoms with Crippen LogP contribution in [0.15, 0.2) is 67.0 Å². The molecule has 1 heterocycles. The number of nitrogens with zero attached hydrogens (tertiary/aromatic N) is 2. The predicted octanol–water partition coefficient (Wildman–Crippen LogP) is 5.16. The summed E-state index contributed by atoms with van der Waals surface area (Å²) in [6.45, 7) is 10.9. The molecule has 1 N–H and O–H groups in total. The van der Waals surface area contributed by atoms with E-state index in [1.807, 2.05) is 6.07 Å². The van der Waals surface area contributed by atoms with E-state index in [1.165, 1.54) is 17.7 Å². The molecule has 0 bridgehead atoms. The van der Waals surface area contributed by atoms with Crippen molar-refractivity contribution in [1.82, 2.24) is 9.80 Å². The average Bonchev–Trinajstić information content (AvgIpc) is 3.11. The van der Waals surface area contributed by atoms with Crippen LogP contribution in [-0.2, 0) is 6.54 Å². The summed E-state index contributed by atoms with van der Waals surface area (Å²) in [5.41, 5.74) is 2.12. The summed E-state index contributed by atoms with van der Waals surface area (Å²) >= 11 is 0. The van der Waals surface area contributed by atoms with Gasteiger partial charge in [-0.25, -0.2) is 0 Å². The third-order valence-corrected chi connectivity index (χ3v) is 5.06. The molecule has 3 rings (SSSR count). The summed E-state index contributed by atoms with van der Waals surface area (Å²) in [6.07, 6.45) is -2.11. The highest BCUT2D eigenvalue weighted by atomic mass is 19.3. The number of nitrogens with one attached hydrogen (secondary N) is 1. The van der Waals surface area contributed by atoms with E-state index in [0.717, 1.165) is 51.0 Å². The SMILES string of the molecule is C=C(Nc1ccc(OC(C)(F)F)cc1)N(CC)C1CCN(Cc2ccccc2)C1. The first kappa shape index (κ1) is 21.1. The second-order valence-electron chi connectivity index (χ2n) is 7.46. The molecule has 0 saturated carbocycles. The average molecular weight is 402 g/mol. The van der Waals surface area contributed by atoms with Gasteiger partial charge < -0.3 is 15.0 Å². The third kappa shape index (κ3) is 6.19. The van der Waals surface area contributed by atoms with Gasteiger partial charge in [0, 0.05) is 44.8 Å². The van der Waals surface area contributed by atoms with Gasteiger partial charge in [0.05, 0.1) is 5.82 Å². The molecular formula is C23H29F2N3O. The quantitative estimate of drug-likeness (QED) is 0.628. The lowest BCUT2D eigenvalue weighted by molar-refractivity contribution is -0.158. The van der Waals surface area contributed by atoms with Crippen LogP contribution in [0.1, 0.15) is 25.8 Å². The Labute approximate surface area is 171 Å². The van der Waals surface area contributed by atoms with Gasteiger partial charge in [-0.1, -0.05) is 36.9 Å². The molecule has 2 aromatic carbocycles. The number of likely N-dealkylation sites (N-methyl/N-ethyl adjacent to an activating group) is 1. The van der Waals surface area contributed by atoms with Gasteiger partial charge in [-0.3, -0.25) is 4.90 Å². The van der Waals surface area contributed by atoms with E-state index in [0.29, 0.717) is 6.04 Å². The first-order valence-electron chi connectivity index (χ1n) is 10.00. The second-order valence-corrected chi connectivity index (χ2v) is 7.46. The van der Waals surface area contributed by atoms with E-state index < -0.39 is 6.11 Å². The lowest BCUT2D eigenvalue weighted by atomic mass is 10.2. The first-order chi connectivity index (χ1) is 13.8. The number of hydrogen-bond donors (Lipinski definition) is 1. The van der Waals surface area contributed by atoms with E-state index in [1.54, 1.807) is 12.1 Å². The Bertz CT molecular complexity index is 790. The van der Waals surface area contributed by atoms with E-state index in [4.69, 9.17) is 0 Å². The van der Waals surface area contributed by atoms with E-state index in [2.05, 4.69) is 57.6 Å². The summed E-state index contributed by atoms with van der Waals surface area (Å²) < 4.78 is 30.5. The minimum Gasteiger partial charge on any atom is -0.433 e. The van der Waals surface area contributed by atoms with Crippen molar-refractivity contribution < 1.29 is 13.5 Å². The molecule has 1 fully saturated rings. The van der Waals surface area contributed by atoms with Crippen molar-refractivity contribution in [3.8, 4) is 5.75 Å². The van der Waals surface area contributed by atoms with Gasteiger partial charge in [-0.05, 0) is 43.2 Å². The van der Waals surface area contributed by atoms with Crippen molar-refractivity contribution in [3.63, 3.8) is 0 Å². The zero-order valence-electron chi connectivity index (χ0n) is 17.1. The van der Waals surface area contributed by atoms with Crippen LogP contribution in [-0.4, -0.2) is 41.6 Å². The fourth-order valence-corrected chi connectivity index (χ4v) is 3.77. The summed E-state index contributed by atoms with van der Waals surface area (Å²) in [5, 5.41) is 3.29. The molecule has 1 unspecified atom stereocenters. The van der Waals surface area contributed by atoms with Crippen LogP contribution in [0.4, 0.5) is 14.5 Å². The van der Waals surface area contributed by atoms with E-state index >= 15 is 0 Å². The predicted molar refractivity (Wildman–Crippen MR) is 113 cm³/mol. The molecule has 6 heteroatoms. The maximum atomic E-state index is 12.9. The smallest absolute Gasteiger partial charge is 0.394 e. The first-order valence-corrected chi connectivity index (χ1v) is 10.00. The Morgan fingerprint density at radius 3 is 2.52 bits per heavy atom. The van der Waals surface area contributed by atoms with Gasteiger partial charge in [0.15, 0.2) is 0 Å². The van der Waals surface area contributed by atoms with E-state index in [9.17, 15) is 8.78 Å². The van der Waals surface area contributed by atoms with Gasteiger partial charge in [-0.15, -0.1) is 0 Å². The number of likely N-dealkylation sites (tertiary alicyclic amines) is 1. The fraction of sp³-hybridized carbons (Fsp3) is 0.391. The maximum Gasteiger partial charge on any atom is 0.394 e. The number of hydrogen-bond acceptors (Lipinski definition) is 4. The van der Waals surface area contributed by atoms with Crippen LogP contribution >= 0.6 is 0 Å². The van der Waals surface area contributed by atoms with Crippen LogP contribution in [0, 0.1) is 0 Å². The van der Waals surface area contributed by atoms with Crippen molar-refractivity contribution in [2.75, 3.05) is 25.0 Å². The Morgan fingerprint density at radius 2 is 1.90 bits per heavy atom. The molecule has 0 amide bonds. The van der Waals surface area contributed by atoms with Crippen molar-refractivity contribution in [3.05, 3.63) is 72.6 Å². The molecule has 0 radical (unpaired) electrons. The second kappa shape index (κ2) is 9.27. The molecule has 1 aliphatic rings. The highest BCUT2D eigenvalue weighted by Crippen LogP contribution is 2.25. The Kier molecular flexibility index (Phi) is 6.75. The lowest BCUT2D eigenvalue weighted by Crippen LogP contribution is -2.38. The molecule has 1 saturated heterocycles. The molecule has 2 aromatic rings. The molecule has 4 nitrogen and oxygen atoms in total. The number of benzene rings is 2. The Hall–Kier alpha value is -2.60. The Morgan fingerprint density at radius 1 is 1.21 bits per heavy atom. The number of rotatable bonds is 9. The molecule has 0 aromatic heterocycles. The maximum absolute atomic E-state index is 12.9. The van der Waals surface area contributed by atoms with Crippen molar-refractivity contribution in [2.45, 2.75) is 39.0 Å². The van der Waals surface area contributed by atoms with Crippen molar-refractivity contribution in [1.29, 1.82) is 0 Å². The normalized spacial score (nSPS) is 17.2. The van der Waals surface area contributed by atoms with Crippen LogP contribution in [0.5, 0.6) is 5.75 Å². The minimum atomic E-state index is -3.19. The number of alkyl halides is 2. The molecule has 1 atom stereocenters. The summed E-state index contributed by atoms with van der Waals surface area (Å²) in [6, 6.07) is 17.4. The lowest BCUT2D eigenvalue weighted by Gasteiger charge is -2.32. The van der Waals surface area contributed by atoms with Crippen LogP contribution < -0.4 is 10.1 Å². The van der Waals surface area contributed by atoms with E-state index in [-0.39, 0.29) is 5.75 Å². The third-order valence-electron chi connectivity index (χ3n) is 5.06. The largest absolute Gasteiger partial charge is 0.433 e. The monoisotopic (exact) mass is 401 g/mol. The minimum absolute atomic E-state index is 0.133. The highest BCUT2D eigenvalue weighted by molar-refractivity contribution is 5.50. The topological polar surface area (TPSA) is 27.7 Å². The van der Waals surface area contributed by atoms with Crippen LogP contribution in [0.25, 0.3) is 0 Å².